The molecule has 4 N–H and O–H groups in total. The Labute approximate surface area is 121 Å². The number of carbonyl (C=O) groups is 1. The van der Waals surface area contributed by atoms with E-state index in [4.69, 9.17) is 17.3 Å². The summed E-state index contributed by atoms with van der Waals surface area (Å²) in [4.78, 5) is 25.8. The Kier molecular flexibility index (Phi) is 4.11. The van der Waals surface area contributed by atoms with E-state index in [1.54, 1.807) is 18.3 Å². The van der Waals surface area contributed by atoms with Gasteiger partial charge in [0.15, 0.2) is 0 Å². The molecule has 0 radical (unpaired) electrons. The summed E-state index contributed by atoms with van der Waals surface area (Å²) in [5.74, 6) is -0.275. The van der Waals surface area contributed by atoms with Gasteiger partial charge in [0.1, 0.15) is 0 Å². The van der Waals surface area contributed by atoms with Crippen LogP contribution in [0.2, 0.25) is 5.02 Å². The first kappa shape index (κ1) is 14.6. The smallest absolute Gasteiger partial charge is 0.248 e. The van der Waals surface area contributed by atoms with Crippen LogP contribution in [-0.2, 0) is 4.79 Å². The molecule has 1 aromatic heterocycles. The van der Waals surface area contributed by atoms with E-state index in [1.165, 1.54) is 6.07 Å². The zero-order chi connectivity index (χ0) is 14.9. The third-order valence-corrected chi connectivity index (χ3v) is 3.42. The predicted octanol–water partition coefficient (Wildman–Crippen LogP) is 2.10. The molecule has 1 aromatic carbocycles. The van der Waals surface area contributed by atoms with Crippen molar-refractivity contribution in [2.45, 2.75) is 19.9 Å². The molecule has 106 valence electrons. The van der Waals surface area contributed by atoms with Crippen molar-refractivity contribution in [3.8, 4) is 0 Å². The van der Waals surface area contributed by atoms with E-state index >= 15 is 0 Å². The van der Waals surface area contributed by atoms with E-state index in [9.17, 15) is 9.59 Å². The van der Waals surface area contributed by atoms with Crippen LogP contribution in [0, 0.1) is 5.92 Å². The Bertz CT molecular complexity index is 709. The number of carbonyl (C=O) groups excluding carboxylic acids is 1. The third kappa shape index (κ3) is 3.00. The van der Waals surface area contributed by atoms with Gasteiger partial charge in [0.25, 0.3) is 0 Å². The van der Waals surface area contributed by atoms with Crippen molar-refractivity contribution in [1.29, 1.82) is 0 Å². The van der Waals surface area contributed by atoms with Crippen LogP contribution in [0.1, 0.15) is 13.8 Å². The summed E-state index contributed by atoms with van der Waals surface area (Å²) >= 11 is 6.12. The molecule has 2 aromatic rings. The molecule has 0 unspecified atom stereocenters. The molecule has 0 saturated heterocycles. The third-order valence-electron chi connectivity index (χ3n) is 3.11. The summed E-state index contributed by atoms with van der Waals surface area (Å²) in [5.41, 5.74) is 6.02. The normalized spacial score (nSPS) is 12.7. The maximum atomic E-state index is 11.9. The van der Waals surface area contributed by atoms with E-state index in [0.717, 1.165) is 5.39 Å². The lowest BCUT2D eigenvalue weighted by molar-refractivity contribution is -0.118. The first-order chi connectivity index (χ1) is 9.38. The standard InChI is InChI=1S/C14H16ClN3O2/c1-7(2)13(16)14(20)18-11-4-8-5-12(19)17-6-9(8)3-10(11)15/h3-7,13H,16H2,1-2H3,(H,17,19)(H,18,20)/t13-/m0/s1. The van der Waals surface area contributed by atoms with Crippen molar-refractivity contribution >= 4 is 34.0 Å². The molecule has 0 fully saturated rings. The molecule has 2 rings (SSSR count). The lowest BCUT2D eigenvalue weighted by atomic mass is 10.0. The molecule has 1 heterocycles. The van der Waals surface area contributed by atoms with Gasteiger partial charge in [-0.15, -0.1) is 0 Å². The minimum atomic E-state index is -0.610. The average molecular weight is 294 g/mol. The topological polar surface area (TPSA) is 88.0 Å². The van der Waals surface area contributed by atoms with Crippen LogP contribution in [0.3, 0.4) is 0 Å². The number of nitrogens with one attached hydrogen (secondary N) is 2. The number of aromatic nitrogens is 1. The summed E-state index contributed by atoms with van der Waals surface area (Å²) in [6.45, 7) is 3.73. The number of pyridine rings is 1. The van der Waals surface area contributed by atoms with E-state index in [2.05, 4.69) is 10.3 Å². The average Bonchev–Trinajstić information content (AvgIpc) is 2.39. The van der Waals surface area contributed by atoms with E-state index in [-0.39, 0.29) is 17.4 Å². The highest BCUT2D eigenvalue weighted by atomic mass is 35.5. The van der Waals surface area contributed by atoms with Crippen LogP contribution < -0.4 is 16.6 Å². The molecule has 1 atom stereocenters. The number of amides is 1. The monoisotopic (exact) mass is 293 g/mol. The molecule has 0 bridgehead atoms. The van der Waals surface area contributed by atoms with Gasteiger partial charge in [-0.25, -0.2) is 0 Å². The second-order valence-electron chi connectivity index (χ2n) is 5.02. The van der Waals surface area contributed by atoms with Gasteiger partial charge >= 0.3 is 0 Å². The zero-order valence-corrected chi connectivity index (χ0v) is 12.0. The summed E-state index contributed by atoms with van der Waals surface area (Å²) in [7, 11) is 0. The van der Waals surface area contributed by atoms with Crippen LogP contribution >= 0.6 is 11.6 Å². The largest absolute Gasteiger partial charge is 0.328 e. The van der Waals surface area contributed by atoms with Gasteiger partial charge in [-0.1, -0.05) is 25.4 Å². The summed E-state index contributed by atoms with van der Waals surface area (Å²) in [5, 5.41) is 4.58. The lowest BCUT2D eigenvalue weighted by Gasteiger charge is -2.16. The first-order valence-electron chi connectivity index (χ1n) is 6.27. The van der Waals surface area contributed by atoms with Crippen molar-refractivity contribution in [3.63, 3.8) is 0 Å². The molecular formula is C14H16ClN3O2. The van der Waals surface area contributed by atoms with Crippen molar-refractivity contribution < 1.29 is 4.79 Å². The second kappa shape index (κ2) is 5.64. The van der Waals surface area contributed by atoms with Gasteiger partial charge in [-0.2, -0.15) is 0 Å². The van der Waals surface area contributed by atoms with Crippen LogP contribution in [0.25, 0.3) is 10.8 Å². The number of halogens is 1. The fraction of sp³-hybridized carbons (Fsp3) is 0.286. The fourth-order valence-electron chi connectivity index (χ4n) is 1.80. The lowest BCUT2D eigenvalue weighted by Crippen LogP contribution is -2.39. The van der Waals surface area contributed by atoms with E-state index in [0.29, 0.717) is 16.1 Å². The molecule has 0 aliphatic heterocycles. The van der Waals surface area contributed by atoms with Gasteiger partial charge in [-0.05, 0) is 28.8 Å². The number of benzene rings is 1. The van der Waals surface area contributed by atoms with Crippen molar-refractivity contribution in [2.75, 3.05) is 5.32 Å². The van der Waals surface area contributed by atoms with Gasteiger partial charge in [-0.3, -0.25) is 9.59 Å². The van der Waals surface area contributed by atoms with Crippen molar-refractivity contribution in [2.24, 2.45) is 11.7 Å². The van der Waals surface area contributed by atoms with Crippen LogP contribution in [0.15, 0.2) is 29.2 Å². The van der Waals surface area contributed by atoms with Crippen molar-refractivity contribution in [1.82, 2.24) is 4.98 Å². The van der Waals surface area contributed by atoms with Crippen LogP contribution in [0.5, 0.6) is 0 Å². The number of anilines is 1. The molecule has 1 amide bonds. The van der Waals surface area contributed by atoms with Gasteiger partial charge in [0.2, 0.25) is 11.5 Å². The number of hydrogen-bond acceptors (Lipinski definition) is 3. The number of H-pyrrole nitrogens is 1. The molecule has 0 aliphatic rings. The van der Waals surface area contributed by atoms with Gasteiger partial charge < -0.3 is 16.0 Å². The molecule has 20 heavy (non-hydrogen) atoms. The minimum Gasteiger partial charge on any atom is -0.328 e. The molecule has 6 heteroatoms. The fourth-order valence-corrected chi connectivity index (χ4v) is 2.02. The van der Waals surface area contributed by atoms with Crippen LogP contribution in [0.4, 0.5) is 5.69 Å². The maximum absolute atomic E-state index is 11.9. The molecule has 0 spiro atoms. The number of rotatable bonds is 3. The quantitative estimate of drug-likeness (QED) is 0.810. The number of aromatic amines is 1. The van der Waals surface area contributed by atoms with Gasteiger partial charge in [0, 0.05) is 12.3 Å². The first-order valence-corrected chi connectivity index (χ1v) is 6.64. The summed E-state index contributed by atoms with van der Waals surface area (Å²) in [6, 6.07) is 4.19. The Balaban J connectivity index is 2.37. The maximum Gasteiger partial charge on any atom is 0.248 e. The summed E-state index contributed by atoms with van der Waals surface area (Å²) in [6.07, 6.45) is 1.58. The zero-order valence-electron chi connectivity index (χ0n) is 11.2. The Hall–Kier alpha value is -1.85. The van der Waals surface area contributed by atoms with E-state index < -0.39 is 6.04 Å². The Morgan fingerprint density at radius 1 is 1.30 bits per heavy atom. The van der Waals surface area contributed by atoms with Crippen molar-refractivity contribution in [3.05, 3.63) is 39.8 Å². The van der Waals surface area contributed by atoms with E-state index in [1.807, 2.05) is 13.8 Å². The van der Waals surface area contributed by atoms with Crippen LogP contribution in [-0.4, -0.2) is 16.9 Å². The highest BCUT2D eigenvalue weighted by Crippen LogP contribution is 2.27. The second-order valence-corrected chi connectivity index (χ2v) is 5.42. The molecule has 0 saturated carbocycles. The highest BCUT2D eigenvalue weighted by molar-refractivity contribution is 6.34. The predicted molar refractivity (Wildman–Crippen MR) is 81.0 cm³/mol. The Morgan fingerprint density at radius 3 is 2.65 bits per heavy atom. The Morgan fingerprint density at radius 2 is 2.00 bits per heavy atom. The van der Waals surface area contributed by atoms with Gasteiger partial charge in [0.05, 0.1) is 16.8 Å². The number of nitrogens with two attached hydrogens (primary N) is 1. The summed E-state index contributed by atoms with van der Waals surface area (Å²) < 4.78 is 0. The highest BCUT2D eigenvalue weighted by Gasteiger charge is 2.18. The SMILES string of the molecule is CC(C)[C@H](N)C(=O)Nc1cc2cc(=O)[nH]cc2cc1Cl. The molecular weight excluding hydrogens is 278 g/mol. The number of fused-ring (bicyclic) bond motifs is 1. The number of hydrogen-bond donors (Lipinski definition) is 3. The molecule has 5 nitrogen and oxygen atoms in total. The molecule has 0 aliphatic carbocycles. The minimum absolute atomic E-state index is 0.0251.